The molecule has 3 rings (SSSR count). The van der Waals surface area contributed by atoms with Gasteiger partial charge in [0.25, 0.3) is 0 Å². The molecule has 1 aliphatic heterocycles. The van der Waals surface area contributed by atoms with Gasteiger partial charge in [0, 0.05) is 43.5 Å². The molecule has 0 bridgehead atoms. The summed E-state index contributed by atoms with van der Waals surface area (Å²) in [5, 5.41) is 16.5. The predicted molar refractivity (Wildman–Crippen MR) is 87.0 cm³/mol. The molecule has 0 radical (unpaired) electrons. The molecule has 0 saturated carbocycles. The van der Waals surface area contributed by atoms with Crippen LogP contribution in [0.3, 0.4) is 0 Å². The Hall–Kier alpha value is -1.73. The predicted octanol–water partition coefficient (Wildman–Crippen LogP) is 1.83. The first-order chi connectivity index (χ1) is 11.0. The Morgan fingerprint density at radius 2 is 2.17 bits per heavy atom. The second-order valence-corrected chi connectivity index (χ2v) is 6.56. The van der Waals surface area contributed by atoms with E-state index in [9.17, 15) is 0 Å². The smallest absolute Gasteiger partial charge is 0.101 e. The molecule has 0 unspecified atom stereocenters. The maximum absolute atomic E-state index is 6.00. The summed E-state index contributed by atoms with van der Waals surface area (Å²) in [7, 11) is 1.98. The molecule has 126 valence electrons. The van der Waals surface area contributed by atoms with E-state index in [4.69, 9.17) is 4.74 Å². The summed E-state index contributed by atoms with van der Waals surface area (Å²) in [5.41, 5.74) is 4.40. The third-order valence-electron chi connectivity index (χ3n) is 4.57. The number of rotatable bonds is 5. The Morgan fingerprint density at radius 1 is 1.39 bits per heavy atom. The van der Waals surface area contributed by atoms with E-state index in [0.717, 1.165) is 24.4 Å². The van der Waals surface area contributed by atoms with Crippen LogP contribution in [-0.2, 0) is 18.3 Å². The van der Waals surface area contributed by atoms with Crippen LogP contribution in [0.5, 0.6) is 0 Å². The molecule has 0 aromatic carbocycles. The lowest BCUT2D eigenvalue weighted by Crippen LogP contribution is -2.31. The lowest BCUT2D eigenvalue weighted by molar-refractivity contribution is 0.0973. The summed E-state index contributed by atoms with van der Waals surface area (Å²) < 4.78 is 9.81. The van der Waals surface area contributed by atoms with Crippen LogP contribution in [0.4, 0.5) is 0 Å². The van der Waals surface area contributed by atoms with E-state index in [2.05, 4.69) is 48.4 Å². The average Bonchev–Trinajstić information content (AvgIpc) is 3.18. The third kappa shape index (κ3) is 3.16. The van der Waals surface area contributed by atoms with Gasteiger partial charge < -0.3 is 10.1 Å². The topological polar surface area (TPSA) is 69.8 Å². The Kier molecular flexibility index (Phi) is 4.50. The van der Waals surface area contributed by atoms with Crippen LogP contribution < -0.4 is 5.32 Å². The van der Waals surface area contributed by atoms with Crippen LogP contribution in [-0.4, -0.2) is 37.4 Å². The van der Waals surface area contributed by atoms with Gasteiger partial charge in [-0.05, 0) is 34.1 Å². The van der Waals surface area contributed by atoms with Gasteiger partial charge in [-0.3, -0.25) is 4.68 Å². The van der Waals surface area contributed by atoms with Gasteiger partial charge >= 0.3 is 0 Å². The molecule has 2 atom stereocenters. The normalized spacial score (nSPS) is 21.5. The summed E-state index contributed by atoms with van der Waals surface area (Å²) >= 11 is 0. The Labute approximate surface area is 137 Å². The van der Waals surface area contributed by atoms with Gasteiger partial charge in [0.15, 0.2) is 0 Å². The summed E-state index contributed by atoms with van der Waals surface area (Å²) in [6.45, 7) is 9.82. The zero-order valence-corrected chi connectivity index (χ0v) is 14.6. The van der Waals surface area contributed by atoms with Crippen molar-refractivity contribution in [3.8, 4) is 0 Å². The second-order valence-electron chi connectivity index (χ2n) is 6.56. The van der Waals surface area contributed by atoms with E-state index >= 15 is 0 Å². The van der Waals surface area contributed by atoms with E-state index in [0.29, 0.717) is 12.6 Å². The van der Waals surface area contributed by atoms with Crippen LogP contribution in [0.1, 0.15) is 55.1 Å². The maximum Gasteiger partial charge on any atom is 0.101 e. The maximum atomic E-state index is 6.00. The first-order valence-corrected chi connectivity index (χ1v) is 8.23. The lowest BCUT2D eigenvalue weighted by atomic mass is 10.0. The van der Waals surface area contributed by atoms with Gasteiger partial charge in [-0.15, -0.1) is 5.10 Å². The van der Waals surface area contributed by atoms with Gasteiger partial charge in [-0.2, -0.15) is 5.10 Å². The first kappa shape index (κ1) is 16.1. The van der Waals surface area contributed by atoms with Gasteiger partial charge in [0.2, 0.25) is 0 Å². The molecule has 3 heterocycles. The quantitative estimate of drug-likeness (QED) is 0.911. The molecular formula is C16H26N6O. The van der Waals surface area contributed by atoms with Gasteiger partial charge in [0.05, 0.1) is 17.6 Å². The zero-order valence-electron chi connectivity index (χ0n) is 14.6. The van der Waals surface area contributed by atoms with Crippen molar-refractivity contribution < 1.29 is 4.74 Å². The standard InChI is InChI=1S/C16H26N6O/c1-10(2)22-9-13(18-20-22)8-17-14-6-7-23-16(14)15-11(3)19-21(5)12(15)4/h9-10,14,16-17H,6-8H2,1-5H3/t14-,16-/m0/s1. The Morgan fingerprint density at radius 3 is 2.78 bits per heavy atom. The summed E-state index contributed by atoms with van der Waals surface area (Å²) in [5.74, 6) is 0. The molecular weight excluding hydrogens is 292 g/mol. The number of ether oxygens (including phenoxy) is 1. The highest BCUT2D eigenvalue weighted by Gasteiger charge is 2.33. The van der Waals surface area contributed by atoms with E-state index in [-0.39, 0.29) is 12.1 Å². The molecule has 0 aliphatic carbocycles. The van der Waals surface area contributed by atoms with Crippen LogP contribution in [0.25, 0.3) is 0 Å². The largest absolute Gasteiger partial charge is 0.372 e. The Balaban J connectivity index is 1.69. The highest BCUT2D eigenvalue weighted by molar-refractivity contribution is 5.29. The summed E-state index contributed by atoms with van der Waals surface area (Å²) in [6.07, 6.45) is 3.06. The number of hydrogen-bond donors (Lipinski definition) is 1. The molecule has 0 amide bonds. The summed E-state index contributed by atoms with van der Waals surface area (Å²) in [4.78, 5) is 0. The fourth-order valence-electron chi connectivity index (χ4n) is 3.17. The van der Waals surface area contributed by atoms with Crippen molar-refractivity contribution >= 4 is 0 Å². The number of hydrogen-bond acceptors (Lipinski definition) is 5. The lowest BCUT2D eigenvalue weighted by Gasteiger charge is -2.20. The highest BCUT2D eigenvalue weighted by Crippen LogP contribution is 2.33. The molecule has 2 aromatic heterocycles. The van der Waals surface area contributed by atoms with E-state index in [1.54, 1.807) is 0 Å². The van der Waals surface area contributed by atoms with Crippen LogP contribution >= 0.6 is 0 Å². The van der Waals surface area contributed by atoms with Crippen molar-refractivity contribution in [3.63, 3.8) is 0 Å². The zero-order chi connectivity index (χ0) is 16.6. The van der Waals surface area contributed by atoms with Crippen molar-refractivity contribution in [1.29, 1.82) is 0 Å². The van der Waals surface area contributed by atoms with Crippen LogP contribution in [0, 0.1) is 13.8 Å². The molecule has 7 nitrogen and oxygen atoms in total. The second kappa shape index (κ2) is 6.41. The van der Waals surface area contributed by atoms with Crippen LogP contribution in [0.2, 0.25) is 0 Å². The van der Waals surface area contributed by atoms with Gasteiger partial charge in [-0.1, -0.05) is 5.21 Å². The van der Waals surface area contributed by atoms with E-state index in [1.165, 1.54) is 11.3 Å². The van der Waals surface area contributed by atoms with Crippen molar-refractivity contribution in [2.75, 3.05) is 6.61 Å². The molecule has 1 N–H and O–H groups in total. The highest BCUT2D eigenvalue weighted by atomic mass is 16.5. The Bertz CT molecular complexity index is 674. The molecule has 7 heteroatoms. The minimum atomic E-state index is 0.0591. The van der Waals surface area contributed by atoms with Crippen molar-refractivity contribution in [2.45, 2.75) is 58.8 Å². The number of aromatic nitrogens is 5. The number of aryl methyl sites for hydroxylation is 2. The molecule has 1 saturated heterocycles. The minimum Gasteiger partial charge on any atom is -0.372 e. The summed E-state index contributed by atoms with van der Waals surface area (Å²) in [6, 6.07) is 0.611. The first-order valence-electron chi connectivity index (χ1n) is 8.23. The van der Waals surface area contributed by atoms with Crippen molar-refractivity contribution in [2.24, 2.45) is 7.05 Å². The molecule has 2 aromatic rings. The molecule has 0 spiro atoms. The van der Waals surface area contributed by atoms with E-state index in [1.807, 2.05) is 22.6 Å². The van der Waals surface area contributed by atoms with Crippen LogP contribution in [0.15, 0.2) is 6.20 Å². The van der Waals surface area contributed by atoms with Gasteiger partial charge in [0.1, 0.15) is 6.10 Å². The van der Waals surface area contributed by atoms with Gasteiger partial charge in [-0.25, -0.2) is 4.68 Å². The fourth-order valence-corrected chi connectivity index (χ4v) is 3.17. The van der Waals surface area contributed by atoms with Crippen molar-refractivity contribution in [1.82, 2.24) is 30.1 Å². The minimum absolute atomic E-state index is 0.0591. The van der Waals surface area contributed by atoms with E-state index < -0.39 is 0 Å². The number of nitrogens with zero attached hydrogens (tertiary/aromatic N) is 5. The average molecular weight is 318 g/mol. The van der Waals surface area contributed by atoms with Crippen molar-refractivity contribution in [3.05, 3.63) is 28.8 Å². The number of nitrogens with one attached hydrogen (secondary N) is 1. The fraction of sp³-hybridized carbons (Fsp3) is 0.688. The monoisotopic (exact) mass is 318 g/mol. The third-order valence-corrected chi connectivity index (χ3v) is 4.57. The SMILES string of the molecule is Cc1nn(C)c(C)c1[C@H]1OCC[C@@H]1NCc1cn(C(C)C)nn1. The molecule has 23 heavy (non-hydrogen) atoms. The molecule has 1 aliphatic rings. The molecule has 1 fully saturated rings.